The molecule has 0 bridgehead atoms. The molecule has 140 valence electrons. The molecule has 2 aromatic carbocycles. The average Bonchev–Trinajstić information content (AvgIpc) is 2.61. The first-order valence-corrected chi connectivity index (χ1v) is 9.66. The minimum Gasteiger partial charge on any atom is -0.492 e. The number of ether oxygens (including phenoxy) is 2. The molecule has 0 amide bonds. The van der Waals surface area contributed by atoms with Gasteiger partial charge in [-0.2, -0.15) is 0 Å². The van der Waals surface area contributed by atoms with Crippen molar-refractivity contribution in [2.24, 2.45) is 5.92 Å². The second-order valence-corrected chi connectivity index (χ2v) is 7.88. The molecule has 26 heavy (non-hydrogen) atoms. The van der Waals surface area contributed by atoms with E-state index in [0.717, 1.165) is 31.0 Å². The van der Waals surface area contributed by atoms with Gasteiger partial charge in [0.1, 0.15) is 23.7 Å². The van der Waals surface area contributed by atoms with Crippen LogP contribution in [0.3, 0.4) is 0 Å². The summed E-state index contributed by atoms with van der Waals surface area (Å²) in [5, 5.41) is 3.58. The summed E-state index contributed by atoms with van der Waals surface area (Å²) in [6.07, 6.45) is 1.04. The zero-order chi connectivity index (χ0) is 18.6. The van der Waals surface area contributed by atoms with Crippen LogP contribution in [-0.4, -0.2) is 25.3 Å². The van der Waals surface area contributed by atoms with Crippen molar-refractivity contribution in [2.45, 2.75) is 45.6 Å². The van der Waals surface area contributed by atoms with Crippen LogP contribution in [0.15, 0.2) is 48.5 Å². The molecule has 1 aliphatic rings. The summed E-state index contributed by atoms with van der Waals surface area (Å²) < 4.78 is 12.2. The van der Waals surface area contributed by atoms with Gasteiger partial charge in [-0.1, -0.05) is 44.2 Å². The Hall–Kier alpha value is -2.00. The first kappa shape index (κ1) is 18.8. The maximum atomic E-state index is 6.36. The third kappa shape index (κ3) is 4.39. The summed E-state index contributed by atoms with van der Waals surface area (Å²) in [5.41, 5.74) is 2.43. The Bertz CT molecular complexity index is 728. The Labute approximate surface area is 157 Å². The fourth-order valence-corrected chi connectivity index (χ4v) is 3.56. The van der Waals surface area contributed by atoms with Crippen molar-refractivity contribution in [1.29, 1.82) is 0 Å². The van der Waals surface area contributed by atoms with E-state index < -0.39 is 0 Å². The number of hydrogen-bond acceptors (Lipinski definition) is 3. The zero-order valence-corrected chi connectivity index (χ0v) is 16.4. The number of hydrogen-bond donors (Lipinski definition) is 1. The Morgan fingerprint density at radius 2 is 2.00 bits per heavy atom. The van der Waals surface area contributed by atoms with Gasteiger partial charge in [-0.15, -0.1) is 0 Å². The molecule has 3 heteroatoms. The van der Waals surface area contributed by atoms with E-state index in [2.05, 4.69) is 69.4 Å². The average molecular weight is 354 g/mol. The highest BCUT2D eigenvalue weighted by molar-refractivity contribution is 5.39. The third-order valence-corrected chi connectivity index (χ3v) is 5.50. The Balaban J connectivity index is 1.55. The first-order chi connectivity index (χ1) is 12.5. The van der Waals surface area contributed by atoms with Crippen molar-refractivity contribution >= 4 is 0 Å². The van der Waals surface area contributed by atoms with Crippen LogP contribution in [0.5, 0.6) is 11.5 Å². The van der Waals surface area contributed by atoms with Crippen LogP contribution in [0.25, 0.3) is 0 Å². The lowest BCUT2D eigenvalue weighted by Gasteiger charge is -2.42. The fourth-order valence-electron chi connectivity index (χ4n) is 3.56. The van der Waals surface area contributed by atoms with E-state index in [1.165, 1.54) is 11.1 Å². The van der Waals surface area contributed by atoms with Gasteiger partial charge in [0.05, 0.1) is 0 Å². The van der Waals surface area contributed by atoms with Crippen LogP contribution < -0.4 is 14.8 Å². The van der Waals surface area contributed by atoms with Gasteiger partial charge in [0.15, 0.2) is 0 Å². The van der Waals surface area contributed by atoms with Crippen molar-refractivity contribution < 1.29 is 9.47 Å². The van der Waals surface area contributed by atoms with Crippen LogP contribution in [0.1, 0.15) is 44.2 Å². The molecule has 3 nitrogen and oxygen atoms in total. The molecule has 0 aromatic heterocycles. The summed E-state index contributed by atoms with van der Waals surface area (Å²) in [6.45, 7) is 11.3. The maximum absolute atomic E-state index is 6.36. The molecule has 3 rings (SSSR count). The molecule has 2 unspecified atom stereocenters. The summed E-state index contributed by atoms with van der Waals surface area (Å²) >= 11 is 0. The van der Waals surface area contributed by atoms with Crippen molar-refractivity contribution in [3.8, 4) is 11.5 Å². The highest BCUT2D eigenvalue weighted by Crippen LogP contribution is 2.43. The highest BCUT2D eigenvalue weighted by Gasteiger charge is 2.39. The Kier molecular flexibility index (Phi) is 5.87. The molecular weight excluding hydrogens is 322 g/mol. The lowest BCUT2D eigenvalue weighted by atomic mass is 9.78. The van der Waals surface area contributed by atoms with Crippen molar-refractivity contribution in [2.75, 3.05) is 19.7 Å². The molecule has 0 saturated carbocycles. The second-order valence-electron chi connectivity index (χ2n) is 7.88. The molecule has 2 aromatic rings. The minimum atomic E-state index is -0.112. The predicted octanol–water partition coefficient (Wildman–Crippen LogP) is 4.94. The Morgan fingerprint density at radius 3 is 2.77 bits per heavy atom. The molecule has 1 heterocycles. The van der Waals surface area contributed by atoms with Crippen LogP contribution in [0.2, 0.25) is 0 Å². The molecule has 0 fully saturated rings. The van der Waals surface area contributed by atoms with Crippen molar-refractivity contribution in [1.82, 2.24) is 5.32 Å². The molecule has 0 spiro atoms. The monoisotopic (exact) mass is 353 g/mol. The van der Waals surface area contributed by atoms with E-state index >= 15 is 0 Å². The molecule has 2 atom stereocenters. The number of benzene rings is 2. The van der Waals surface area contributed by atoms with Crippen LogP contribution in [-0.2, 0) is 0 Å². The Morgan fingerprint density at radius 1 is 1.19 bits per heavy atom. The summed E-state index contributed by atoms with van der Waals surface area (Å²) in [7, 11) is 0. The number of nitrogens with one attached hydrogen (secondary N) is 1. The van der Waals surface area contributed by atoms with Gasteiger partial charge in [0.2, 0.25) is 0 Å². The van der Waals surface area contributed by atoms with Gasteiger partial charge < -0.3 is 14.8 Å². The van der Waals surface area contributed by atoms with Gasteiger partial charge in [0.25, 0.3) is 0 Å². The van der Waals surface area contributed by atoms with Crippen LogP contribution >= 0.6 is 0 Å². The van der Waals surface area contributed by atoms with E-state index in [0.29, 0.717) is 18.4 Å². The molecule has 1 aliphatic heterocycles. The summed E-state index contributed by atoms with van der Waals surface area (Å²) in [6, 6.07) is 16.7. The number of aryl methyl sites for hydroxylation is 1. The van der Waals surface area contributed by atoms with Gasteiger partial charge in [-0.3, -0.25) is 0 Å². The fraction of sp³-hybridized carbons (Fsp3) is 0.478. The quantitative estimate of drug-likeness (QED) is 0.715. The SMILES string of the molecule is Cc1cccc(OCCNCC2CC(C)(C(C)C)Oc3ccccc32)c1. The van der Waals surface area contributed by atoms with Gasteiger partial charge >= 0.3 is 0 Å². The maximum Gasteiger partial charge on any atom is 0.123 e. The van der Waals surface area contributed by atoms with Gasteiger partial charge in [-0.05, 0) is 55.5 Å². The molecule has 0 aliphatic carbocycles. The summed E-state index contributed by atoms with van der Waals surface area (Å²) in [5.74, 6) is 2.92. The van der Waals surface area contributed by atoms with E-state index in [-0.39, 0.29) is 5.60 Å². The standard InChI is InChI=1S/C23H31NO2/c1-17(2)23(4)15-19(21-10-5-6-11-22(21)26-23)16-24-12-13-25-20-9-7-8-18(3)14-20/h5-11,14,17,19,24H,12-13,15-16H2,1-4H3. The smallest absolute Gasteiger partial charge is 0.123 e. The number of fused-ring (bicyclic) bond motifs is 1. The van der Waals surface area contributed by atoms with Crippen LogP contribution in [0, 0.1) is 12.8 Å². The largest absolute Gasteiger partial charge is 0.492 e. The normalized spacial score (nSPS) is 22.0. The first-order valence-electron chi connectivity index (χ1n) is 9.66. The lowest BCUT2D eigenvalue weighted by molar-refractivity contribution is 0.0101. The minimum absolute atomic E-state index is 0.112. The lowest BCUT2D eigenvalue weighted by Crippen LogP contribution is -2.44. The highest BCUT2D eigenvalue weighted by atomic mass is 16.5. The van der Waals surface area contributed by atoms with Crippen LogP contribution in [0.4, 0.5) is 0 Å². The summed E-state index contributed by atoms with van der Waals surface area (Å²) in [4.78, 5) is 0. The van der Waals surface area contributed by atoms with E-state index in [1.54, 1.807) is 0 Å². The second kappa shape index (κ2) is 8.13. The third-order valence-electron chi connectivity index (χ3n) is 5.50. The molecule has 0 radical (unpaired) electrons. The number of para-hydroxylation sites is 1. The molecule has 1 N–H and O–H groups in total. The topological polar surface area (TPSA) is 30.5 Å². The zero-order valence-electron chi connectivity index (χ0n) is 16.4. The van der Waals surface area contributed by atoms with E-state index in [4.69, 9.17) is 9.47 Å². The van der Waals surface area contributed by atoms with E-state index in [1.807, 2.05) is 12.1 Å². The molecular formula is C23H31NO2. The molecule has 0 saturated heterocycles. The van der Waals surface area contributed by atoms with E-state index in [9.17, 15) is 0 Å². The predicted molar refractivity (Wildman–Crippen MR) is 107 cm³/mol. The van der Waals surface area contributed by atoms with Gasteiger partial charge in [0, 0.05) is 19.0 Å². The van der Waals surface area contributed by atoms with Gasteiger partial charge in [-0.25, -0.2) is 0 Å². The number of rotatable bonds is 7. The van der Waals surface area contributed by atoms with Crippen molar-refractivity contribution in [3.05, 3.63) is 59.7 Å². The van der Waals surface area contributed by atoms with Crippen molar-refractivity contribution in [3.63, 3.8) is 0 Å².